The van der Waals surface area contributed by atoms with Crippen LogP contribution in [-0.2, 0) is 9.59 Å². The van der Waals surface area contributed by atoms with Gasteiger partial charge in [-0.1, -0.05) is 6.92 Å². The van der Waals surface area contributed by atoms with Gasteiger partial charge in [0.15, 0.2) is 0 Å². The van der Waals surface area contributed by atoms with Gasteiger partial charge >= 0.3 is 0 Å². The molecular weight excluding hydrogens is 256 g/mol. The maximum Gasteiger partial charge on any atom is 0.270 e. The molecule has 6 heteroatoms. The molecule has 0 bridgehead atoms. The Labute approximate surface area is 120 Å². The Hall–Kier alpha value is -1.43. The minimum atomic E-state index is -0.114. The summed E-state index contributed by atoms with van der Waals surface area (Å²) in [5.41, 5.74) is 2.86. The Morgan fingerprint density at radius 2 is 2.10 bits per heavy atom. The molecular formula is C14H24N4O2. The number of nitrogens with one attached hydrogen (secondary N) is 1. The van der Waals surface area contributed by atoms with Crippen molar-refractivity contribution in [1.29, 1.82) is 0 Å². The normalized spacial score (nSPS) is 21.3. The molecule has 6 nitrogen and oxygen atoms in total. The van der Waals surface area contributed by atoms with Crippen LogP contribution >= 0.6 is 0 Å². The van der Waals surface area contributed by atoms with E-state index in [1.54, 1.807) is 4.90 Å². The monoisotopic (exact) mass is 280 g/mol. The first-order valence-electron chi connectivity index (χ1n) is 7.46. The Balaban J connectivity index is 1.87. The first-order valence-corrected chi connectivity index (χ1v) is 7.46. The number of carbonyl (C=O) groups excluding carboxylic acids is 2. The fraction of sp³-hybridized carbons (Fsp3) is 0.786. The van der Waals surface area contributed by atoms with E-state index in [2.05, 4.69) is 22.4 Å². The maximum atomic E-state index is 12.3. The Kier molecular flexibility index (Phi) is 5.11. The number of hydrazone groups is 1. The number of hydrogen-bond acceptors (Lipinski definition) is 4. The SMILES string of the molecule is CCCN1CCC(N(C)C(=O)C2=NNC(=O)CC2)CC1. The van der Waals surface area contributed by atoms with Gasteiger partial charge in [0, 0.05) is 39.0 Å². The molecule has 20 heavy (non-hydrogen) atoms. The predicted molar refractivity (Wildman–Crippen MR) is 77.3 cm³/mol. The summed E-state index contributed by atoms with van der Waals surface area (Å²) in [7, 11) is 1.85. The van der Waals surface area contributed by atoms with Gasteiger partial charge in [-0.05, 0) is 25.8 Å². The smallest absolute Gasteiger partial charge is 0.270 e. The molecule has 2 aliphatic heterocycles. The summed E-state index contributed by atoms with van der Waals surface area (Å²) < 4.78 is 0. The van der Waals surface area contributed by atoms with Crippen LogP contribution in [-0.4, -0.2) is 60.0 Å². The Morgan fingerprint density at radius 1 is 1.40 bits per heavy atom. The van der Waals surface area contributed by atoms with Crippen LogP contribution in [0.15, 0.2) is 5.10 Å². The molecule has 0 aromatic carbocycles. The zero-order valence-corrected chi connectivity index (χ0v) is 12.4. The van der Waals surface area contributed by atoms with Crippen LogP contribution in [0.4, 0.5) is 0 Å². The average Bonchev–Trinajstić information content (AvgIpc) is 2.48. The van der Waals surface area contributed by atoms with Gasteiger partial charge in [-0.25, -0.2) is 5.43 Å². The van der Waals surface area contributed by atoms with E-state index in [0.29, 0.717) is 18.6 Å². The van der Waals surface area contributed by atoms with Crippen LogP contribution in [0.25, 0.3) is 0 Å². The number of hydrogen-bond donors (Lipinski definition) is 1. The lowest BCUT2D eigenvalue weighted by Crippen LogP contribution is -2.48. The van der Waals surface area contributed by atoms with Crippen molar-refractivity contribution in [3.63, 3.8) is 0 Å². The number of nitrogens with zero attached hydrogens (tertiary/aromatic N) is 3. The molecule has 2 aliphatic rings. The number of amides is 2. The van der Waals surface area contributed by atoms with Crippen molar-refractivity contribution in [3.05, 3.63) is 0 Å². The molecule has 1 saturated heterocycles. The van der Waals surface area contributed by atoms with E-state index in [0.717, 1.165) is 32.5 Å². The van der Waals surface area contributed by atoms with Crippen molar-refractivity contribution in [3.8, 4) is 0 Å². The van der Waals surface area contributed by atoms with Gasteiger partial charge < -0.3 is 9.80 Å². The lowest BCUT2D eigenvalue weighted by Gasteiger charge is -2.36. The third-order valence-corrected chi connectivity index (χ3v) is 4.12. The molecule has 0 atom stereocenters. The van der Waals surface area contributed by atoms with Gasteiger partial charge in [0.25, 0.3) is 5.91 Å². The van der Waals surface area contributed by atoms with Gasteiger partial charge in [-0.2, -0.15) is 5.10 Å². The Morgan fingerprint density at radius 3 is 2.65 bits per heavy atom. The summed E-state index contributed by atoms with van der Waals surface area (Å²) in [6, 6.07) is 0.288. The lowest BCUT2D eigenvalue weighted by atomic mass is 10.0. The van der Waals surface area contributed by atoms with E-state index < -0.39 is 0 Å². The highest BCUT2D eigenvalue weighted by molar-refractivity contribution is 6.39. The minimum absolute atomic E-state index is 0.0426. The molecule has 1 fully saturated rings. The van der Waals surface area contributed by atoms with Crippen molar-refractivity contribution in [2.24, 2.45) is 5.10 Å². The standard InChI is InChI=1S/C14H24N4O2/c1-3-8-18-9-6-11(7-10-18)17(2)14(20)12-4-5-13(19)16-15-12/h11H,3-10H2,1-2H3,(H,16,19). The van der Waals surface area contributed by atoms with Crippen molar-refractivity contribution < 1.29 is 9.59 Å². The van der Waals surface area contributed by atoms with Crippen LogP contribution in [0.2, 0.25) is 0 Å². The molecule has 0 radical (unpaired) electrons. The topological polar surface area (TPSA) is 65.0 Å². The number of piperidine rings is 1. The van der Waals surface area contributed by atoms with Crippen LogP contribution < -0.4 is 5.43 Å². The van der Waals surface area contributed by atoms with Crippen LogP contribution in [0.5, 0.6) is 0 Å². The predicted octanol–water partition coefficient (Wildman–Crippen LogP) is 0.585. The third kappa shape index (κ3) is 3.56. The Bertz CT molecular complexity index is 400. The quantitative estimate of drug-likeness (QED) is 0.819. The highest BCUT2D eigenvalue weighted by Gasteiger charge is 2.28. The van der Waals surface area contributed by atoms with Gasteiger partial charge in [0.1, 0.15) is 5.71 Å². The van der Waals surface area contributed by atoms with Crippen molar-refractivity contribution >= 4 is 17.5 Å². The van der Waals surface area contributed by atoms with E-state index in [-0.39, 0.29) is 17.9 Å². The number of rotatable bonds is 4. The molecule has 2 amide bonds. The second kappa shape index (κ2) is 6.83. The molecule has 2 heterocycles. The molecule has 0 aliphatic carbocycles. The summed E-state index contributed by atoms with van der Waals surface area (Å²) in [5.74, 6) is -0.156. The fourth-order valence-electron chi connectivity index (χ4n) is 2.84. The first-order chi connectivity index (χ1) is 9.61. The molecule has 0 saturated carbocycles. The zero-order valence-electron chi connectivity index (χ0n) is 12.4. The average molecular weight is 280 g/mol. The summed E-state index contributed by atoms with van der Waals surface area (Å²) in [6.07, 6.45) is 4.01. The minimum Gasteiger partial charge on any atom is -0.338 e. The van der Waals surface area contributed by atoms with E-state index in [1.165, 1.54) is 6.42 Å². The zero-order chi connectivity index (χ0) is 14.5. The molecule has 2 rings (SSSR count). The third-order valence-electron chi connectivity index (χ3n) is 4.12. The largest absolute Gasteiger partial charge is 0.338 e. The van der Waals surface area contributed by atoms with Crippen LogP contribution in [0.3, 0.4) is 0 Å². The fourth-order valence-corrected chi connectivity index (χ4v) is 2.84. The van der Waals surface area contributed by atoms with Gasteiger partial charge in [0.2, 0.25) is 5.91 Å². The van der Waals surface area contributed by atoms with Gasteiger partial charge in [0.05, 0.1) is 0 Å². The number of carbonyl (C=O) groups is 2. The van der Waals surface area contributed by atoms with E-state index in [9.17, 15) is 9.59 Å². The molecule has 1 N–H and O–H groups in total. The van der Waals surface area contributed by atoms with E-state index in [4.69, 9.17) is 0 Å². The molecule has 112 valence electrons. The van der Waals surface area contributed by atoms with Gasteiger partial charge in [-0.15, -0.1) is 0 Å². The maximum absolute atomic E-state index is 12.3. The highest BCUT2D eigenvalue weighted by Crippen LogP contribution is 2.17. The summed E-state index contributed by atoms with van der Waals surface area (Å²) in [5, 5.41) is 3.89. The van der Waals surface area contributed by atoms with Crippen molar-refractivity contribution in [1.82, 2.24) is 15.2 Å². The summed E-state index contributed by atoms with van der Waals surface area (Å²) >= 11 is 0. The van der Waals surface area contributed by atoms with Crippen LogP contribution in [0.1, 0.15) is 39.0 Å². The summed E-state index contributed by atoms with van der Waals surface area (Å²) in [4.78, 5) is 27.6. The van der Waals surface area contributed by atoms with Crippen molar-refractivity contribution in [2.45, 2.75) is 45.1 Å². The first kappa shape index (κ1) is 15.0. The van der Waals surface area contributed by atoms with Gasteiger partial charge in [-0.3, -0.25) is 9.59 Å². The van der Waals surface area contributed by atoms with Crippen LogP contribution in [0, 0.1) is 0 Å². The second-order valence-electron chi connectivity index (χ2n) is 5.58. The molecule has 0 aromatic heterocycles. The van der Waals surface area contributed by atoms with E-state index in [1.807, 2.05) is 7.05 Å². The molecule has 0 spiro atoms. The summed E-state index contributed by atoms with van der Waals surface area (Å²) in [6.45, 7) is 5.44. The lowest BCUT2D eigenvalue weighted by molar-refractivity contribution is -0.126. The molecule has 0 unspecified atom stereocenters. The second-order valence-corrected chi connectivity index (χ2v) is 5.58. The highest BCUT2D eigenvalue weighted by atomic mass is 16.2. The molecule has 0 aromatic rings. The number of likely N-dealkylation sites (tertiary alicyclic amines) is 1. The van der Waals surface area contributed by atoms with E-state index >= 15 is 0 Å². The van der Waals surface area contributed by atoms with Crippen molar-refractivity contribution in [2.75, 3.05) is 26.7 Å².